The van der Waals surface area contributed by atoms with Crippen LogP contribution >= 0.6 is 0 Å². The summed E-state index contributed by atoms with van der Waals surface area (Å²) in [6, 6.07) is 1.61. The molecule has 1 saturated heterocycles. The molecule has 1 fully saturated rings. The van der Waals surface area contributed by atoms with Crippen molar-refractivity contribution in [3.63, 3.8) is 0 Å². The number of piperazine rings is 1. The van der Waals surface area contributed by atoms with Crippen LogP contribution in [0.4, 0.5) is 5.82 Å². The summed E-state index contributed by atoms with van der Waals surface area (Å²) >= 11 is 0. The predicted octanol–water partition coefficient (Wildman–Crippen LogP) is -0.740. The molecule has 3 N–H and O–H groups in total. The van der Waals surface area contributed by atoms with Gasteiger partial charge in [-0.25, -0.2) is 0 Å². The van der Waals surface area contributed by atoms with Crippen LogP contribution in [0, 0.1) is 0 Å². The number of hydrogen-bond acceptors (Lipinski definition) is 5. The van der Waals surface area contributed by atoms with Gasteiger partial charge in [-0.05, 0) is 13.0 Å². The maximum absolute atomic E-state index is 11.5. The van der Waals surface area contributed by atoms with Crippen LogP contribution in [0.1, 0.15) is 12.5 Å². The van der Waals surface area contributed by atoms with Crippen molar-refractivity contribution in [2.45, 2.75) is 19.5 Å². The molecule has 0 saturated carbocycles. The quantitative estimate of drug-likeness (QED) is 0.687. The van der Waals surface area contributed by atoms with Gasteiger partial charge in [-0.15, -0.1) is 5.10 Å². The lowest BCUT2D eigenvalue weighted by molar-refractivity contribution is -0.122. The predicted molar refractivity (Wildman–Crippen MR) is 59.7 cm³/mol. The third-order valence-corrected chi connectivity index (χ3v) is 2.77. The highest BCUT2D eigenvalue weighted by atomic mass is 16.2. The molecule has 0 aliphatic carbocycles. The lowest BCUT2D eigenvalue weighted by Gasteiger charge is -2.34. The molecular weight excluding hydrogens is 206 g/mol. The highest BCUT2D eigenvalue weighted by molar-refractivity contribution is 5.85. The number of carbonyl (C=O) groups is 1. The Morgan fingerprint density at radius 1 is 1.69 bits per heavy atom. The van der Waals surface area contributed by atoms with Gasteiger partial charge in [-0.2, -0.15) is 5.10 Å². The van der Waals surface area contributed by atoms with Gasteiger partial charge in [0.05, 0.1) is 6.20 Å². The van der Waals surface area contributed by atoms with E-state index in [4.69, 9.17) is 5.73 Å². The van der Waals surface area contributed by atoms with Gasteiger partial charge in [-0.3, -0.25) is 4.79 Å². The first-order valence-electron chi connectivity index (χ1n) is 5.29. The van der Waals surface area contributed by atoms with Crippen LogP contribution in [0.3, 0.4) is 0 Å². The summed E-state index contributed by atoms with van der Waals surface area (Å²) < 4.78 is 0. The van der Waals surface area contributed by atoms with Crippen molar-refractivity contribution in [3.05, 3.63) is 17.8 Å². The minimum absolute atomic E-state index is 0.0138. The second-order valence-electron chi connectivity index (χ2n) is 3.74. The lowest BCUT2D eigenvalue weighted by atomic mass is 10.1. The molecule has 16 heavy (non-hydrogen) atoms. The second kappa shape index (κ2) is 4.44. The molecule has 1 aliphatic heterocycles. The SMILES string of the molecule is CC1C(=O)NCCN1c1nnccc1CN. The monoisotopic (exact) mass is 221 g/mol. The van der Waals surface area contributed by atoms with E-state index in [1.165, 1.54) is 0 Å². The Morgan fingerprint density at radius 2 is 2.50 bits per heavy atom. The number of hydrogen-bond donors (Lipinski definition) is 2. The van der Waals surface area contributed by atoms with Gasteiger partial charge >= 0.3 is 0 Å². The number of anilines is 1. The Bertz CT molecular complexity index is 395. The fraction of sp³-hybridized carbons (Fsp3) is 0.500. The summed E-state index contributed by atoms with van der Waals surface area (Å²) in [5.74, 6) is 0.729. The molecular formula is C10H15N5O. The molecule has 1 amide bonds. The molecule has 1 atom stereocenters. The van der Waals surface area contributed by atoms with Gasteiger partial charge in [0.1, 0.15) is 6.04 Å². The van der Waals surface area contributed by atoms with Crippen molar-refractivity contribution in [3.8, 4) is 0 Å². The van der Waals surface area contributed by atoms with E-state index >= 15 is 0 Å². The molecule has 0 radical (unpaired) electrons. The Balaban J connectivity index is 2.32. The molecule has 86 valence electrons. The largest absolute Gasteiger partial charge is 0.353 e. The first kappa shape index (κ1) is 10.8. The normalized spacial score (nSPS) is 20.8. The van der Waals surface area contributed by atoms with Crippen molar-refractivity contribution in [1.29, 1.82) is 0 Å². The molecule has 1 aromatic rings. The fourth-order valence-electron chi connectivity index (χ4n) is 1.82. The summed E-state index contributed by atoms with van der Waals surface area (Å²) in [4.78, 5) is 13.5. The highest BCUT2D eigenvalue weighted by Gasteiger charge is 2.27. The van der Waals surface area contributed by atoms with Crippen LogP contribution in [0.2, 0.25) is 0 Å². The van der Waals surface area contributed by atoms with Crippen LogP contribution in [0.15, 0.2) is 12.3 Å². The number of amides is 1. The minimum Gasteiger partial charge on any atom is -0.353 e. The number of nitrogens with zero attached hydrogens (tertiary/aromatic N) is 3. The van der Waals surface area contributed by atoms with Crippen LogP contribution in [0.25, 0.3) is 0 Å². The number of aromatic nitrogens is 2. The van der Waals surface area contributed by atoms with Gasteiger partial charge in [0.15, 0.2) is 5.82 Å². The Hall–Kier alpha value is -1.69. The summed E-state index contributed by atoms with van der Waals surface area (Å²) in [6.45, 7) is 3.61. The molecule has 0 spiro atoms. The average Bonchev–Trinajstić information content (AvgIpc) is 2.33. The summed E-state index contributed by atoms with van der Waals surface area (Å²) in [6.07, 6.45) is 1.61. The van der Waals surface area contributed by atoms with Crippen molar-refractivity contribution in [1.82, 2.24) is 15.5 Å². The first-order chi connectivity index (χ1) is 7.74. The lowest BCUT2D eigenvalue weighted by Crippen LogP contribution is -2.54. The van der Waals surface area contributed by atoms with E-state index in [9.17, 15) is 4.79 Å². The van der Waals surface area contributed by atoms with E-state index in [1.807, 2.05) is 17.9 Å². The molecule has 2 rings (SSSR count). The van der Waals surface area contributed by atoms with E-state index in [-0.39, 0.29) is 11.9 Å². The zero-order chi connectivity index (χ0) is 11.5. The zero-order valence-electron chi connectivity index (χ0n) is 9.18. The summed E-state index contributed by atoms with van der Waals surface area (Å²) in [7, 11) is 0. The maximum Gasteiger partial charge on any atom is 0.242 e. The summed E-state index contributed by atoms with van der Waals surface area (Å²) in [5, 5.41) is 10.7. The second-order valence-corrected chi connectivity index (χ2v) is 3.74. The van der Waals surface area contributed by atoms with Gasteiger partial charge in [0.25, 0.3) is 0 Å². The Kier molecular flexibility index (Phi) is 3.00. The minimum atomic E-state index is -0.226. The third kappa shape index (κ3) is 1.83. The standard InChI is InChI=1S/C10H15N5O/c1-7-10(16)12-4-5-15(7)9-8(6-11)2-3-13-14-9/h2-3,7H,4-6,11H2,1H3,(H,12,16). The summed E-state index contributed by atoms with van der Waals surface area (Å²) in [5.41, 5.74) is 6.56. The average molecular weight is 221 g/mol. The van der Waals surface area contributed by atoms with E-state index in [0.29, 0.717) is 18.9 Å². The van der Waals surface area contributed by atoms with Crippen molar-refractivity contribution < 1.29 is 4.79 Å². The zero-order valence-corrected chi connectivity index (χ0v) is 9.18. The Labute approximate surface area is 93.8 Å². The van der Waals surface area contributed by atoms with E-state index in [1.54, 1.807) is 6.20 Å². The molecule has 2 heterocycles. The van der Waals surface area contributed by atoms with Gasteiger partial charge in [0, 0.05) is 25.2 Å². The topological polar surface area (TPSA) is 84.1 Å². The third-order valence-electron chi connectivity index (χ3n) is 2.77. The van der Waals surface area contributed by atoms with Gasteiger partial charge in [0.2, 0.25) is 5.91 Å². The highest BCUT2D eigenvalue weighted by Crippen LogP contribution is 2.19. The first-order valence-corrected chi connectivity index (χ1v) is 5.29. The molecule has 1 aromatic heterocycles. The number of carbonyl (C=O) groups excluding carboxylic acids is 1. The molecule has 6 nitrogen and oxygen atoms in total. The van der Waals surface area contributed by atoms with E-state index < -0.39 is 0 Å². The van der Waals surface area contributed by atoms with Crippen LogP contribution < -0.4 is 16.0 Å². The van der Waals surface area contributed by atoms with Crippen molar-refractivity contribution in [2.75, 3.05) is 18.0 Å². The van der Waals surface area contributed by atoms with Crippen LogP contribution in [-0.2, 0) is 11.3 Å². The van der Waals surface area contributed by atoms with Gasteiger partial charge < -0.3 is 16.0 Å². The number of nitrogens with two attached hydrogens (primary N) is 1. The molecule has 0 bridgehead atoms. The van der Waals surface area contributed by atoms with Crippen LogP contribution in [-0.4, -0.2) is 35.2 Å². The molecule has 0 aromatic carbocycles. The van der Waals surface area contributed by atoms with Crippen molar-refractivity contribution >= 4 is 11.7 Å². The van der Waals surface area contributed by atoms with Crippen molar-refractivity contribution in [2.24, 2.45) is 5.73 Å². The van der Waals surface area contributed by atoms with Gasteiger partial charge in [-0.1, -0.05) is 0 Å². The fourth-order valence-corrected chi connectivity index (χ4v) is 1.82. The Morgan fingerprint density at radius 3 is 3.25 bits per heavy atom. The molecule has 1 unspecified atom stereocenters. The van der Waals surface area contributed by atoms with Crippen LogP contribution in [0.5, 0.6) is 0 Å². The van der Waals surface area contributed by atoms with E-state index in [0.717, 1.165) is 12.1 Å². The maximum atomic E-state index is 11.5. The molecule has 1 aliphatic rings. The molecule has 6 heteroatoms. The van der Waals surface area contributed by atoms with E-state index in [2.05, 4.69) is 15.5 Å². The number of rotatable bonds is 2. The number of nitrogens with one attached hydrogen (secondary N) is 1. The smallest absolute Gasteiger partial charge is 0.242 e.